The van der Waals surface area contributed by atoms with Gasteiger partial charge >= 0.3 is 0 Å². The Hall–Kier alpha value is -2.09. The zero-order valence-electron chi connectivity index (χ0n) is 15.0. The van der Waals surface area contributed by atoms with Crippen LogP contribution in [0.5, 0.6) is 0 Å². The number of rotatable bonds is 4. The summed E-state index contributed by atoms with van der Waals surface area (Å²) in [5.41, 5.74) is 1.42. The summed E-state index contributed by atoms with van der Waals surface area (Å²) in [6.07, 6.45) is 2.59. The molecule has 27 heavy (non-hydrogen) atoms. The predicted molar refractivity (Wildman–Crippen MR) is 107 cm³/mol. The quantitative estimate of drug-likeness (QED) is 0.608. The fraction of sp³-hybridized carbons (Fsp3) is 0.300. The SMILES string of the molecule is CC(=O)c1ccc(S(=O)(=O)N2CCCC[C@H]2c2nc3ccccc3s2)cc1. The number of fused-ring (bicyclic) bond motifs is 1. The lowest BCUT2D eigenvalue weighted by Gasteiger charge is -2.33. The van der Waals surface area contributed by atoms with E-state index in [9.17, 15) is 13.2 Å². The van der Waals surface area contributed by atoms with Crippen LogP contribution in [0.25, 0.3) is 10.2 Å². The summed E-state index contributed by atoms with van der Waals surface area (Å²) in [7, 11) is -3.65. The number of sulfonamides is 1. The van der Waals surface area contributed by atoms with Crippen molar-refractivity contribution in [3.63, 3.8) is 0 Å². The van der Waals surface area contributed by atoms with Crippen LogP contribution in [0.15, 0.2) is 53.4 Å². The van der Waals surface area contributed by atoms with Gasteiger partial charge in [0.1, 0.15) is 5.01 Å². The van der Waals surface area contributed by atoms with Crippen LogP contribution >= 0.6 is 11.3 Å². The number of hydrogen-bond donors (Lipinski definition) is 0. The van der Waals surface area contributed by atoms with Crippen molar-refractivity contribution in [2.75, 3.05) is 6.54 Å². The van der Waals surface area contributed by atoms with Crippen molar-refractivity contribution in [3.8, 4) is 0 Å². The molecule has 1 aromatic heterocycles. The maximum atomic E-state index is 13.3. The molecule has 7 heteroatoms. The highest BCUT2D eigenvalue weighted by atomic mass is 32.2. The number of carbonyl (C=O) groups excluding carboxylic acids is 1. The highest BCUT2D eigenvalue weighted by Gasteiger charge is 2.36. The number of ketones is 1. The van der Waals surface area contributed by atoms with Crippen LogP contribution in [0, 0.1) is 0 Å². The molecule has 0 spiro atoms. The number of carbonyl (C=O) groups is 1. The molecule has 0 unspecified atom stereocenters. The van der Waals surface area contributed by atoms with E-state index in [0.29, 0.717) is 12.1 Å². The Balaban J connectivity index is 1.71. The maximum Gasteiger partial charge on any atom is 0.243 e. The van der Waals surface area contributed by atoms with Crippen LogP contribution in [-0.2, 0) is 10.0 Å². The van der Waals surface area contributed by atoms with Gasteiger partial charge in [0.25, 0.3) is 0 Å². The normalized spacial score (nSPS) is 18.6. The summed E-state index contributed by atoms with van der Waals surface area (Å²) >= 11 is 1.56. The molecule has 0 amide bonds. The van der Waals surface area contributed by atoms with Gasteiger partial charge in [-0.25, -0.2) is 13.4 Å². The topological polar surface area (TPSA) is 67.3 Å². The van der Waals surface area contributed by atoms with Crippen molar-refractivity contribution >= 4 is 37.4 Å². The summed E-state index contributed by atoms with van der Waals surface area (Å²) in [4.78, 5) is 16.4. The zero-order valence-corrected chi connectivity index (χ0v) is 16.6. The van der Waals surface area contributed by atoms with E-state index in [2.05, 4.69) is 0 Å². The van der Waals surface area contributed by atoms with Gasteiger partial charge in [0, 0.05) is 12.1 Å². The van der Waals surface area contributed by atoms with Gasteiger partial charge in [-0.2, -0.15) is 4.31 Å². The molecule has 4 rings (SSSR count). The summed E-state index contributed by atoms with van der Waals surface area (Å²) in [6, 6.07) is 13.8. The van der Waals surface area contributed by atoms with Gasteiger partial charge in [0.15, 0.2) is 5.78 Å². The molecule has 2 heterocycles. The van der Waals surface area contributed by atoms with Crippen LogP contribution in [0.1, 0.15) is 47.6 Å². The third-order valence-electron chi connectivity index (χ3n) is 4.92. The second kappa shape index (κ2) is 7.14. The van der Waals surface area contributed by atoms with Gasteiger partial charge in [0.2, 0.25) is 10.0 Å². The molecule has 0 saturated carbocycles. The zero-order chi connectivity index (χ0) is 19.0. The number of piperidine rings is 1. The minimum absolute atomic E-state index is 0.0794. The van der Waals surface area contributed by atoms with E-state index >= 15 is 0 Å². The Labute approximate surface area is 162 Å². The summed E-state index contributed by atoms with van der Waals surface area (Å²) in [6.45, 7) is 1.95. The lowest BCUT2D eigenvalue weighted by atomic mass is 10.1. The maximum absolute atomic E-state index is 13.3. The molecule has 1 fully saturated rings. The Morgan fingerprint density at radius 1 is 1.11 bits per heavy atom. The molecule has 3 aromatic rings. The van der Waals surface area contributed by atoms with Gasteiger partial charge in [0.05, 0.1) is 21.2 Å². The molecular weight excluding hydrogens is 380 g/mol. The molecule has 1 atom stereocenters. The first-order valence-electron chi connectivity index (χ1n) is 8.95. The number of thiazole rings is 1. The van der Waals surface area contributed by atoms with Crippen molar-refractivity contribution in [2.24, 2.45) is 0 Å². The molecule has 5 nitrogen and oxygen atoms in total. The van der Waals surface area contributed by atoms with Crippen LogP contribution in [0.3, 0.4) is 0 Å². The Kier molecular flexibility index (Phi) is 4.84. The highest BCUT2D eigenvalue weighted by molar-refractivity contribution is 7.89. The molecule has 0 N–H and O–H groups in total. The van der Waals surface area contributed by atoms with Crippen molar-refractivity contribution < 1.29 is 13.2 Å². The molecular formula is C20H20N2O3S2. The number of hydrogen-bond acceptors (Lipinski definition) is 5. The third kappa shape index (κ3) is 3.42. The van der Waals surface area contributed by atoms with Crippen molar-refractivity contribution in [2.45, 2.75) is 37.1 Å². The van der Waals surface area contributed by atoms with E-state index < -0.39 is 10.0 Å². The van der Waals surface area contributed by atoms with Crippen LogP contribution in [0.2, 0.25) is 0 Å². The van der Waals surface area contributed by atoms with Gasteiger partial charge < -0.3 is 0 Å². The standard InChI is InChI=1S/C20H20N2O3S2/c1-14(23)15-9-11-16(12-10-15)27(24,25)22-13-5-4-7-18(22)20-21-17-6-2-3-8-19(17)26-20/h2-3,6,8-12,18H,4-5,7,13H2,1H3/t18-/m0/s1. The minimum atomic E-state index is -3.65. The van der Waals surface area contributed by atoms with Crippen LogP contribution in [0.4, 0.5) is 0 Å². The summed E-state index contributed by atoms with van der Waals surface area (Å²) < 4.78 is 29.2. The number of aromatic nitrogens is 1. The van der Waals surface area contributed by atoms with E-state index in [-0.39, 0.29) is 16.7 Å². The van der Waals surface area contributed by atoms with E-state index in [1.807, 2.05) is 24.3 Å². The van der Waals surface area contributed by atoms with E-state index in [0.717, 1.165) is 34.5 Å². The number of Topliss-reactive ketones (excluding diaryl/α,β-unsaturated/α-hetero) is 1. The molecule has 1 saturated heterocycles. The number of para-hydroxylation sites is 1. The molecule has 0 bridgehead atoms. The molecule has 1 aliphatic rings. The summed E-state index contributed by atoms with van der Waals surface area (Å²) in [5.74, 6) is -0.0794. The first kappa shape index (κ1) is 18.3. The number of nitrogens with zero attached hydrogens (tertiary/aromatic N) is 2. The predicted octanol–water partition coefficient (Wildman–Crippen LogP) is 4.41. The third-order valence-corrected chi connectivity index (χ3v) is 7.98. The average molecular weight is 401 g/mol. The lowest BCUT2D eigenvalue weighted by molar-refractivity contribution is 0.101. The van der Waals surface area contributed by atoms with Crippen LogP contribution in [-0.4, -0.2) is 30.0 Å². The van der Waals surface area contributed by atoms with E-state index in [1.54, 1.807) is 27.8 Å². The Morgan fingerprint density at radius 3 is 2.56 bits per heavy atom. The van der Waals surface area contributed by atoms with E-state index in [4.69, 9.17) is 4.98 Å². The molecule has 140 valence electrons. The van der Waals surface area contributed by atoms with Gasteiger partial charge in [-0.15, -0.1) is 11.3 Å². The Bertz CT molecular complexity index is 1050. The molecule has 0 radical (unpaired) electrons. The molecule has 2 aromatic carbocycles. The lowest BCUT2D eigenvalue weighted by Crippen LogP contribution is -2.38. The fourth-order valence-corrected chi connectivity index (χ4v) is 6.31. The fourth-order valence-electron chi connectivity index (χ4n) is 3.47. The minimum Gasteiger partial charge on any atom is -0.295 e. The first-order valence-corrected chi connectivity index (χ1v) is 11.2. The van der Waals surface area contributed by atoms with Crippen molar-refractivity contribution in [1.29, 1.82) is 0 Å². The van der Waals surface area contributed by atoms with E-state index in [1.165, 1.54) is 19.1 Å². The molecule has 1 aliphatic heterocycles. The van der Waals surface area contributed by atoms with Gasteiger partial charge in [-0.3, -0.25) is 4.79 Å². The number of benzene rings is 2. The first-order chi connectivity index (χ1) is 13.0. The van der Waals surface area contributed by atoms with Gasteiger partial charge in [-0.1, -0.05) is 30.7 Å². The van der Waals surface area contributed by atoms with Gasteiger partial charge in [-0.05, 0) is 44.0 Å². The second-order valence-electron chi connectivity index (χ2n) is 6.73. The second-order valence-corrected chi connectivity index (χ2v) is 9.68. The van der Waals surface area contributed by atoms with Crippen molar-refractivity contribution in [1.82, 2.24) is 9.29 Å². The summed E-state index contributed by atoms with van der Waals surface area (Å²) in [5, 5.41) is 0.847. The monoisotopic (exact) mass is 400 g/mol. The highest BCUT2D eigenvalue weighted by Crippen LogP contribution is 2.38. The van der Waals surface area contributed by atoms with Crippen LogP contribution < -0.4 is 0 Å². The van der Waals surface area contributed by atoms with Crippen molar-refractivity contribution in [3.05, 3.63) is 59.1 Å². The largest absolute Gasteiger partial charge is 0.295 e. The Morgan fingerprint density at radius 2 is 1.85 bits per heavy atom. The smallest absolute Gasteiger partial charge is 0.243 e. The average Bonchev–Trinajstić information content (AvgIpc) is 3.12. The molecule has 0 aliphatic carbocycles.